The molecular formula is C18H27N3. The fraction of sp³-hybridized carbons (Fsp3) is 0.500. The number of aromatic nitrogens is 2. The number of hydrogen-bond donors (Lipinski definition) is 1. The van der Waals surface area contributed by atoms with Crippen LogP contribution >= 0.6 is 0 Å². The molecule has 1 heterocycles. The highest BCUT2D eigenvalue weighted by molar-refractivity contribution is 5.26. The van der Waals surface area contributed by atoms with Gasteiger partial charge in [0.15, 0.2) is 0 Å². The zero-order chi connectivity index (χ0) is 15.2. The van der Waals surface area contributed by atoms with E-state index in [1.807, 2.05) is 0 Å². The first-order valence-corrected chi connectivity index (χ1v) is 7.98. The Morgan fingerprint density at radius 1 is 1.24 bits per heavy atom. The van der Waals surface area contributed by atoms with Crippen molar-refractivity contribution < 1.29 is 0 Å². The van der Waals surface area contributed by atoms with E-state index < -0.39 is 0 Å². The van der Waals surface area contributed by atoms with E-state index in [9.17, 15) is 0 Å². The summed E-state index contributed by atoms with van der Waals surface area (Å²) < 4.78 is 2.08. The normalized spacial score (nSPS) is 14.1. The van der Waals surface area contributed by atoms with Crippen LogP contribution in [0.5, 0.6) is 0 Å². The summed E-state index contributed by atoms with van der Waals surface area (Å²) in [5.41, 5.74) is 3.80. The van der Waals surface area contributed by atoms with Crippen molar-refractivity contribution in [3.8, 4) is 0 Å². The Kier molecular flexibility index (Phi) is 5.57. The van der Waals surface area contributed by atoms with Crippen molar-refractivity contribution in [3.63, 3.8) is 0 Å². The first-order chi connectivity index (χ1) is 10.1. The number of hydrogen-bond acceptors (Lipinski definition) is 2. The number of nitrogens with zero attached hydrogens (tertiary/aromatic N) is 2. The molecule has 0 fully saturated rings. The zero-order valence-electron chi connectivity index (χ0n) is 13.6. The fourth-order valence-corrected chi connectivity index (χ4v) is 2.57. The molecule has 0 saturated carbocycles. The second-order valence-electron chi connectivity index (χ2n) is 5.77. The van der Waals surface area contributed by atoms with Gasteiger partial charge in [-0.1, -0.05) is 43.7 Å². The van der Waals surface area contributed by atoms with Crippen molar-refractivity contribution >= 4 is 0 Å². The Balaban J connectivity index is 2.14. The van der Waals surface area contributed by atoms with Crippen molar-refractivity contribution in [3.05, 3.63) is 53.3 Å². The van der Waals surface area contributed by atoms with Gasteiger partial charge in [-0.15, -0.1) is 0 Å². The average Bonchev–Trinajstić information content (AvgIpc) is 2.94. The lowest BCUT2D eigenvalue weighted by Crippen LogP contribution is -2.23. The third-order valence-corrected chi connectivity index (χ3v) is 4.01. The molecule has 0 aliphatic carbocycles. The van der Waals surface area contributed by atoms with Gasteiger partial charge in [0.1, 0.15) is 0 Å². The average molecular weight is 285 g/mol. The summed E-state index contributed by atoms with van der Waals surface area (Å²) in [4.78, 5) is 0. The molecule has 3 heteroatoms. The summed E-state index contributed by atoms with van der Waals surface area (Å²) in [5, 5.41) is 8.31. The maximum Gasteiger partial charge on any atom is 0.0643 e. The Labute approximate surface area is 128 Å². The highest BCUT2D eigenvalue weighted by atomic mass is 15.3. The maximum atomic E-state index is 4.73. The summed E-state index contributed by atoms with van der Waals surface area (Å²) in [6, 6.07) is 11.7. The lowest BCUT2D eigenvalue weighted by atomic mass is 10.0. The molecule has 0 aliphatic heterocycles. The monoisotopic (exact) mass is 285 g/mol. The third kappa shape index (κ3) is 4.18. The molecule has 0 saturated heterocycles. The Morgan fingerprint density at radius 2 is 2.05 bits per heavy atom. The lowest BCUT2D eigenvalue weighted by molar-refractivity contribution is 0.467. The fourth-order valence-electron chi connectivity index (χ4n) is 2.57. The van der Waals surface area contributed by atoms with E-state index in [1.54, 1.807) is 0 Å². The molecule has 114 valence electrons. The maximum absolute atomic E-state index is 4.73. The van der Waals surface area contributed by atoms with Crippen LogP contribution in [0.1, 0.15) is 56.1 Å². The number of likely N-dealkylation sites (N-methyl/N-ethyl adjacent to an activating group) is 1. The van der Waals surface area contributed by atoms with Gasteiger partial charge in [0.2, 0.25) is 0 Å². The van der Waals surface area contributed by atoms with Gasteiger partial charge in [-0.05, 0) is 38.4 Å². The summed E-state index contributed by atoms with van der Waals surface area (Å²) in [5.74, 6) is 0. The van der Waals surface area contributed by atoms with Gasteiger partial charge in [-0.25, -0.2) is 0 Å². The molecular weight excluding hydrogens is 258 g/mol. The van der Waals surface area contributed by atoms with E-state index in [4.69, 9.17) is 5.10 Å². The molecule has 1 N–H and O–H groups in total. The van der Waals surface area contributed by atoms with Crippen molar-refractivity contribution in [1.82, 2.24) is 15.1 Å². The number of aryl methyl sites for hydroxylation is 1. The predicted molar refractivity (Wildman–Crippen MR) is 88.5 cm³/mol. The van der Waals surface area contributed by atoms with Crippen LogP contribution in [0.25, 0.3) is 0 Å². The molecule has 0 aliphatic rings. The summed E-state index contributed by atoms with van der Waals surface area (Å²) in [6.07, 6.45) is 4.14. The lowest BCUT2D eigenvalue weighted by Gasteiger charge is -2.18. The van der Waals surface area contributed by atoms with Crippen LogP contribution in [0.4, 0.5) is 0 Å². The first kappa shape index (κ1) is 15.8. The molecule has 0 spiro atoms. The van der Waals surface area contributed by atoms with Crippen LogP contribution in [0.15, 0.2) is 36.5 Å². The van der Waals surface area contributed by atoms with E-state index in [2.05, 4.69) is 74.2 Å². The van der Waals surface area contributed by atoms with Gasteiger partial charge >= 0.3 is 0 Å². The van der Waals surface area contributed by atoms with Gasteiger partial charge in [-0.3, -0.25) is 4.68 Å². The van der Waals surface area contributed by atoms with E-state index >= 15 is 0 Å². The number of rotatable bonds is 7. The summed E-state index contributed by atoms with van der Waals surface area (Å²) in [7, 11) is 0. The van der Waals surface area contributed by atoms with E-state index in [0.717, 1.165) is 25.1 Å². The highest BCUT2D eigenvalue weighted by Gasteiger charge is 2.14. The van der Waals surface area contributed by atoms with Crippen molar-refractivity contribution in [2.24, 2.45) is 0 Å². The predicted octanol–water partition coefficient (Wildman–Crippen LogP) is 4.06. The third-order valence-electron chi connectivity index (χ3n) is 4.01. The number of nitrogens with one attached hydrogen (secondary N) is 1. The smallest absolute Gasteiger partial charge is 0.0643 e. The van der Waals surface area contributed by atoms with Gasteiger partial charge in [0.25, 0.3) is 0 Å². The second-order valence-corrected chi connectivity index (χ2v) is 5.77. The van der Waals surface area contributed by atoms with Crippen molar-refractivity contribution in [2.45, 2.75) is 52.6 Å². The second kappa shape index (κ2) is 7.41. The van der Waals surface area contributed by atoms with Gasteiger partial charge in [0.05, 0.1) is 5.69 Å². The van der Waals surface area contributed by atoms with Gasteiger partial charge < -0.3 is 5.32 Å². The Hall–Kier alpha value is -1.61. The van der Waals surface area contributed by atoms with Crippen molar-refractivity contribution in [2.75, 3.05) is 6.54 Å². The van der Waals surface area contributed by atoms with Gasteiger partial charge in [0, 0.05) is 24.7 Å². The highest BCUT2D eigenvalue weighted by Crippen LogP contribution is 2.19. The van der Waals surface area contributed by atoms with Crippen LogP contribution in [0, 0.1) is 6.92 Å². The first-order valence-electron chi connectivity index (χ1n) is 7.98. The molecule has 2 atom stereocenters. The summed E-state index contributed by atoms with van der Waals surface area (Å²) in [6.45, 7) is 9.66. The van der Waals surface area contributed by atoms with Crippen LogP contribution in [-0.2, 0) is 6.42 Å². The minimum absolute atomic E-state index is 0.329. The van der Waals surface area contributed by atoms with E-state index in [0.29, 0.717) is 12.1 Å². The molecule has 2 unspecified atom stereocenters. The standard InChI is InChI=1S/C18H27N3/c1-5-15(4)21-11-10-17(20-21)13-18(19-6-2)16-9-7-8-14(3)12-16/h7-12,15,18-19H,5-6,13H2,1-4H3. The largest absolute Gasteiger partial charge is 0.310 e. The Morgan fingerprint density at radius 3 is 2.71 bits per heavy atom. The van der Waals surface area contributed by atoms with Crippen LogP contribution in [-0.4, -0.2) is 16.3 Å². The summed E-state index contributed by atoms with van der Waals surface area (Å²) >= 11 is 0. The topological polar surface area (TPSA) is 29.9 Å². The zero-order valence-corrected chi connectivity index (χ0v) is 13.6. The number of benzene rings is 1. The quantitative estimate of drug-likeness (QED) is 0.831. The van der Waals surface area contributed by atoms with Crippen LogP contribution in [0.3, 0.4) is 0 Å². The molecule has 0 amide bonds. The molecule has 2 rings (SSSR count). The van der Waals surface area contributed by atoms with E-state index in [1.165, 1.54) is 11.1 Å². The minimum atomic E-state index is 0.329. The molecule has 3 nitrogen and oxygen atoms in total. The van der Waals surface area contributed by atoms with Crippen LogP contribution in [0.2, 0.25) is 0 Å². The molecule has 2 aromatic rings. The van der Waals surface area contributed by atoms with Gasteiger partial charge in [-0.2, -0.15) is 5.10 Å². The molecule has 1 aromatic carbocycles. The SMILES string of the molecule is CCNC(Cc1ccn(C(C)CC)n1)c1cccc(C)c1. The minimum Gasteiger partial charge on any atom is -0.310 e. The molecule has 0 bridgehead atoms. The van der Waals surface area contributed by atoms with Crippen LogP contribution < -0.4 is 5.32 Å². The molecule has 21 heavy (non-hydrogen) atoms. The van der Waals surface area contributed by atoms with Crippen molar-refractivity contribution in [1.29, 1.82) is 0 Å². The molecule has 1 aromatic heterocycles. The van der Waals surface area contributed by atoms with E-state index in [-0.39, 0.29) is 0 Å². The molecule has 0 radical (unpaired) electrons. The Bertz CT molecular complexity index is 559.